The Morgan fingerprint density at radius 2 is 1.56 bits per heavy atom. The van der Waals surface area contributed by atoms with Crippen LogP contribution in [0.4, 0.5) is 9.18 Å². The first-order chi connectivity index (χ1) is 8.66. The van der Waals surface area contributed by atoms with Crippen LogP contribution in [-0.4, -0.2) is 6.03 Å². The van der Waals surface area contributed by atoms with E-state index >= 15 is 0 Å². The van der Waals surface area contributed by atoms with Crippen molar-refractivity contribution in [2.45, 2.75) is 6.04 Å². The Balaban J connectivity index is 2.36. The summed E-state index contributed by atoms with van der Waals surface area (Å²) < 4.78 is 12.9. The minimum atomic E-state index is -0.617. The molecule has 0 bridgehead atoms. The van der Waals surface area contributed by atoms with E-state index in [0.717, 1.165) is 11.1 Å². The highest BCUT2D eigenvalue weighted by Gasteiger charge is 2.14. The Bertz CT molecular complexity index is 525. The SMILES string of the molecule is NC(=O)N[C@H](c1ccccc1)c1ccc(F)cc1. The number of hydrogen-bond donors (Lipinski definition) is 2. The van der Waals surface area contributed by atoms with E-state index in [0.29, 0.717) is 0 Å². The number of benzene rings is 2. The molecule has 2 rings (SSSR count). The lowest BCUT2D eigenvalue weighted by molar-refractivity contribution is 0.247. The summed E-state index contributed by atoms with van der Waals surface area (Å²) in [7, 11) is 0. The van der Waals surface area contributed by atoms with E-state index in [2.05, 4.69) is 5.32 Å². The maximum absolute atomic E-state index is 12.9. The van der Waals surface area contributed by atoms with Crippen LogP contribution in [0.3, 0.4) is 0 Å². The van der Waals surface area contributed by atoms with Gasteiger partial charge in [-0.2, -0.15) is 0 Å². The van der Waals surface area contributed by atoms with Crippen molar-refractivity contribution in [3.05, 3.63) is 71.5 Å². The quantitative estimate of drug-likeness (QED) is 0.856. The highest BCUT2D eigenvalue weighted by atomic mass is 19.1. The van der Waals surface area contributed by atoms with Gasteiger partial charge >= 0.3 is 6.03 Å². The number of amides is 2. The molecule has 0 heterocycles. The zero-order valence-corrected chi connectivity index (χ0v) is 9.64. The molecule has 2 amide bonds. The van der Waals surface area contributed by atoms with Crippen LogP contribution >= 0.6 is 0 Å². The van der Waals surface area contributed by atoms with Gasteiger partial charge in [-0.05, 0) is 23.3 Å². The van der Waals surface area contributed by atoms with Crippen LogP contribution in [0.15, 0.2) is 54.6 Å². The van der Waals surface area contributed by atoms with Crippen LogP contribution in [0.5, 0.6) is 0 Å². The van der Waals surface area contributed by atoms with E-state index < -0.39 is 6.03 Å². The molecule has 0 spiro atoms. The number of halogens is 1. The monoisotopic (exact) mass is 244 g/mol. The van der Waals surface area contributed by atoms with Crippen molar-refractivity contribution < 1.29 is 9.18 Å². The molecular weight excluding hydrogens is 231 g/mol. The van der Waals surface area contributed by atoms with E-state index in [-0.39, 0.29) is 11.9 Å². The summed E-state index contributed by atoms with van der Waals surface area (Å²) in [5, 5.41) is 2.65. The van der Waals surface area contributed by atoms with Crippen LogP contribution in [0.2, 0.25) is 0 Å². The van der Waals surface area contributed by atoms with Gasteiger partial charge in [0.15, 0.2) is 0 Å². The van der Waals surface area contributed by atoms with Gasteiger partial charge in [-0.3, -0.25) is 0 Å². The lowest BCUT2D eigenvalue weighted by Crippen LogP contribution is -2.33. The second-order valence-corrected chi connectivity index (χ2v) is 3.90. The summed E-state index contributed by atoms with van der Waals surface area (Å²) in [5.74, 6) is -0.315. The number of nitrogens with one attached hydrogen (secondary N) is 1. The van der Waals surface area contributed by atoms with E-state index in [4.69, 9.17) is 5.73 Å². The van der Waals surface area contributed by atoms with E-state index in [1.807, 2.05) is 30.3 Å². The lowest BCUT2D eigenvalue weighted by atomic mass is 9.99. The number of carbonyl (C=O) groups is 1. The topological polar surface area (TPSA) is 55.1 Å². The second-order valence-electron chi connectivity index (χ2n) is 3.90. The predicted molar refractivity (Wildman–Crippen MR) is 67.4 cm³/mol. The van der Waals surface area contributed by atoms with Crippen molar-refractivity contribution in [3.63, 3.8) is 0 Å². The largest absolute Gasteiger partial charge is 0.352 e. The van der Waals surface area contributed by atoms with E-state index in [9.17, 15) is 9.18 Å². The van der Waals surface area contributed by atoms with Crippen molar-refractivity contribution in [1.82, 2.24) is 5.32 Å². The third-order valence-corrected chi connectivity index (χ3v) is 2.62. The summed E-state index contributed by atoms with van der Waals surface area (Å²) in [6, 6.07) is 14.4. The molecule has 0 saturated carbocycles. The molecule has 0 aliphatic heterocycles. The van der Waals surface area contributed by atoms with Crippen LogP contribution in [0.1, 0.15) is 17.2 Å². The molecular formula is C14H13FN2O. The Labute approximate surface area is 104 Å². The summed E-state index contributed by atoms with van der Waals surface area (Å²) in [6.45, 7) is 0. The first-order valence-corrected chi connectivity index (χ1v) is 5.53. The molecule has 2 aromatic rings. The van der Waals surface area contributed by atoms with Gasteiger partial charge in [-0.1, -0.05) is 42.5 Å². The van der Waals surface area contributed by atoms with Crippen molar-refractivity contribution in [1.29, 1.82) is 0 Å². The second kappa shape index (κ2) is 5.31. The van der Waals surface area contributed by atoms with Crippen molar-refractivity contribution in [2.75, 3.05) is 0 Å². The fourth-order valence-electron chi connectivity index (χ4n) is 1.80. The van der Waals surface area contributed by atoms with Crippen molar-refractivity contribution >= 4 is 6.03 Å². The third kappa shape index (κ3) is 2.85. The minimum Gasteiger partial charge on any atom is -0.352 e. The normalized spacial score (nSPS) is 11.8. The molecule has 1 atom stereocenters. The van der Waals surface area contributed by atoms with Gasteiger partial charge in [0.25, 0.3) is 0 Å². The number of primary amides is 1. The Morgan fingerprint density at radius 1 is 1.00 bits per heavy atom. The number of urea groups is 1. The fourth-order valence-corrected chi connectivity index (χ4v) is 1.80. The smallest absolute Gasteiger partial charge is 0.312 e. The van der Waals surface area contributed by atoms with Gasteiger partial charge in [-0.25, -0.2) is 9.18 Å². The van der Waals surface area contributed by atoms with Gasteiger partial charge in [-0.15, -0.1) is 0 Å². The molecule has 0 unspecified atom stereocenters. The van der Waals surface area contributed by atoms with Gasteiger partial charge in [0.05, 0.1) is 6.04 Å². The van der Waals surface area contributed by atoms with Crippen LogP contribution < -0.4 is 11.1 Å². The first-order valence-electron chi connectivity index (χ1n) is 5.53. The maximum Gasteiger partial charge on any atom is 0.312 e. The molecule has 3 N–H and O–H groups in total. The Hall–Kier alpha value is -2.36. The standard InChI is InChI=1S/C14H13FN2O/c15-12-8-6-11(7-9-12)13(17-14(16)18)10-4-2-1-3-5-10/h1-9,13H,(H3,16,17,18)/t13-/m1/s1. The van der Waals surface area contributed by atoms with Crippen LogP contribution in [0, 0.1) is 5.82 Å². The number of rotatable bonds is 3. The number of nitrogens with two attached hydrogens (primary N) is 1. The molecule has 0 radical (unpaired) electrons. The van der Waals surface area contributed by atoms with Crippen molar-refractivity contribution in [2.24, 2.45) is 5.73 Å². The average molecular weight is 244 g/mol. The molecule has 0 saturated heterocycles. The van der Waals surface area contributed by atoms with Gasteiger partial charge in [0, 0.05) is 0 Å². The van der Waals surface area contributed by atoms with Gasteiger partial charge in [0.2, 0.25) is 0 Å². The molecule has 0 aliphatic rings. The molecule has 4 heteroatoms. The molecule has 2 aromatic carbocycles. The van der Waals surface area contributed by atoms with E-state index in [1.54, 1.807) is 12.1 Å². The molecule has 0 aromatic heterocycles. The molecule has 0 aliphatic carbocycles. The summed E-state index contributed by atoms with van der Waals surface area (Å²) in [6.07, 6.45) is 0. The first kappa shape index (κ1) is 12.1. The van der Waals surface area contributed by atoms with E-state index in [1.165, 1.54) is 12.1 Å². The molecule has 3 nitrogen and oxygen atoms in total. The molecule has 0 fully saturated rings. The maximum atomic E-state index is 12.9. The molecule has 92 valence electrons. The van der Waals surface area contributed by atoms with Gasteiger partial charge < -0.3 is 11.1 Å². The van der Waals surface area contributed by atoms with Crippen LogP contribution in [-0.2, 0) is 0 Å². The predicted octanol–water partition coefficient (Wildman–Crippen LogP) is 2.58. The lowest BCUT2D eigenvalue weighted by Gasteiger charge is -2.18. The summed E-state index contributed by atoms with van der Waals surface area (Å²) in [4.78, 5) is 11.1. The number of hydrogen-bond acceptors (Lipinski definition) is 1. The van der Waals surface area contributed by atoms with Crippen LogP contribution in [0.25, 0.3) is 0 Å². The fraction of sp³-hybridized carbons (Fsp3) is 0.0714. The average Bonchev–Trinajstić information content (AvgIpc) is 2.38. The minimum absolute atomic E-state index is 0.315. The molecule has 18 heavy (non-hydrogen) atoms. The Kier molecular flexibility index (Phi) is 3.57. The van der Waals surface area contributed by atoms with Crippen molar-refractivity contribution in [3.8, 4) is 0 Å². The Morgan fingerprint density at radius 3 is 2.11 bits per heavy atom. The number of carbonyl (C=O) groups excluding carboxylic acids is 1. The zero-order chi connectivity index (χ0) is 13.0. The summed E-state index contributed by atoms with van der Waals surface area (Å²) in [5.41, 5.74) is 6.84. The highest BCUT2D eigenvalue weighted by molar-refractivity contribution is 5.72. The van der Waals surface area contributed by atoms with Gasteiger partial charge in [0.1, 0.15) is 5.82 Å². The third-order valence-electron chi connectivity index (χ3n) is 2.62. The summed E-state index contributed by atoms with van der Waals surface area (Å²) >= 11 is 0. The zero-order valence-electron chi connectivity index (χ0n) is 9.64. The highest BCUT2D eigenvalue weighted by Crippen LogP contribution is 2.21.